The molecule has 0 aliphatic heterocycles. The maximum absolute atomic E-state index is 12.4. The molecule has 1 aromatic carbocycles. The molecule has 2 N–H and O–H groups in total. The van der Waals surface area contributed by atoms with Crippen molar-refractivity contribution in [3.63, 3.8) is 0 Å². The first kappa shape index (κ1) is 18.4. The van der Waals surface area contributed by atoms with E-state index in [-0.39, 0.29) is 4.90 Å². The number of methoxy groups -OCH3 is 1. The average molecular weight is 445 g/mol. The summed E-state index contributed by atoms with van der Waals surface area (Å²) < 4.78 is 32.9. The zero-order valence-corrected chi connectivity index (χ0v) is 15.5. The monoisotopic (exact) mass is 443 g/mol. The van der Waals surface area contributed by atoms with Gasteiger partial charge in [-0.05, 0) is 43.8 Å². The van der Waals surface area contributed by atoms with Crippen molar-refractivity contribution in [2.45, 2.75) is 24.8 Å². The van der Waals surface area contributed by atoms with Crippen LogP contribution in [0.2, 0.25) is 0 Å². The molecule has 0 radical (unpaired) electrons. The highest BCUT2D eigenvalue weighted by Gasteiger charge is 2.29. The van der Waals surface area contributed by atoms with Gasteiger partial charge < -0.3 is 9.84 Å². The number of hydrogen-bond acceptors (Lipinski definition) is 4. The number of ether oxygens (including phenoxy) is 1. The third kappa shape index (κ3) is 4.41. The Morgan fingerprint density at radius 3 is 2.29 bits per heavy atom. The van der Waals surface area contributed by atoms with Gasteiger partial charge in [0.25, 0.3) is 0 Å². The Kier molecular flexibility index (Phi) is 6.21. The first-order valence-electron chi connectivity index (χ1n) is 5.88. The molecule has 0 saturated carbocycles. The van der Waals surface area contributed by atoms with E-state index in [1.807, 2.05) is 0 Å². The van der Waals surface area contributed by atoms with Gasteiger partial charge in [0.2, 0.25) is 10.0 Å². The maximum Gasteiger partial charge on any atom is 0.322 e. The van der Waals surface area contributed by atoms with Crippen LogP contribution in [0, 0.1) is 5.92 Å². The molecule has 0 saturated heterocycles. The van der Waals surface area contributed by atoms with Gasteiger partial charge in [-0.3, -0.25) is 4.79 Å². The molecular formula is C12H15Br2NO5S. The van der Waals surface area contributed by atoms with Crippen molar-refractivity contribution in [3.8, 4) is 5.75 Å². The number of carboxylic acids is 1. The van der Waals surface area contributed by atoms with E-state index in [2.05, 4.69) is 36.6 Å². The van der Waals surface area contributed by atoms with Crippen molar-refractivity contribution in [2.75, 3.05) is 7.11 Å². The average Bonchev–Trinajstić information content (AvgIpc) is 2.35. The summed E-state index contributed by atoms with van der Waals surface area (Å²) in [5.74, 6) is -1.29. The molecule has 0 amide bonds. The van der Waals surface area contributed by atoms with Gasteiger partial charge >= 0.3 is 5.97 Å². The lowest BCUT2D eigenvalue weighted by Crippen LogP contribution is -2.44. The molecule has 1 aromatic rings. The van der Waals surface area contributed by atoms with E-state index in [1.54, 1.807) is 13.8 Å². The maximum atomic E-state index is 12.4. The van der Waals surface area contributed by atoms with Gasteiger partial charge in [0, 0.05) is 10.5 Å². The summed E-state index contributed by atoms with van der Waals surface area (Å²) in [7, 11) is -2.60. The van der Waals surface area contributed by atoms with Crippen molar-refractivity contribution < 1.29 is 23.1 Å². The van der Waals surface area contributed by atoms with Gasteiger partial charge in [0.1, 0.15) is 11.8 Å². The second-order valence-corrected chi connectivity index (χ2v) is 7.99. The molecular weight excluding hydrogens is 430 g/mol. The summed E-state index contributed by atoms with van der Waals surface area (Å²) in [5.41, 5.74) is 0. The molecule has 1 rings (SSSR count). The summed E-state index contributed by atoms with van der Waals surface area (Å²) in [4.78, 5) is 11.1. The summed E-state index contributed by atoms with van der Waals surface area (Å²) in [6.07, 6.45) is 0. The van der Waals surface area contributed by atoms with E-state index >= 15 is 0 Å². The van der Waals surface area contributed by atoms with Crippen molar-refractivity contribution in [1.82, 2.24) is 4.72 Å². The molecule has 0 aliphatic rings. The highest BCUT2D eigenvalue weighted by molar-refractivity contribution is 9.11. The predicted molar refractivity (Wildman–Crippen MR) is 85.0 cm³/mol. The van der Waals surface area contributed by atoms with E-state index in [9.17, 15) is 13.2 Å². The van der Waals surface area contributed by atoms with Gasteiger partial charge in [0.05, 0.1) is 16.5 Å². The van der Waals surface area contributed by atoms with Crippen LogP contribution in [0.5, 0.6) is 5.75 Å². The Morgan fingerprint density at radius 1 is 1.29 bits per heavy atom. The van der Waals surface area contributed by atoms with Crippen LogP contribution in [-0.4, -0.2) is 32.6 Å². The van der Waals surface area contributed by atoms with Crippen LogP contribution < -0.4 is 9.46 Å². The number of benzene rings is 1. The zero-order valence-electron chi connectivity index (χ0n) is 11.6. The molecule has 9 heteroatoms. The molecule has 0 heterocycles. The fourth-order valence-corrected chi connectivity index (χ4v) is 4.78. The topological polar surface area (TPSA) is 92.7 Å². The smallest absolute Gasteiger partial charge is 0.322 e. The predicted octanol–water partition coefficient (Wildman–Crippen LogP) is 2.61. The van der Waals surface area contributed by atoms with Crippen LogP contribution in [0.3, 0.4) is 0 Å². The minimum atomic E-state index is -4.01. The Balaban J connectivity index is 3.28. The molecule has 0 aliphatic carbocycles. The lowest BCUT2D eigenvalue weighted by molar-refractivity contribution is -0.140. The highest BCUT2D eigenvalue weighted by Crippen LogP contribution is 2.34. The Bertz CT molecular complexity index is 645. The number of hydrogen-bond donors (Lipinski definition) is 2. The first-order valence-corrected chi connectivity index (χ1v) is 8.95. The Hall–Kier alpha value is -0.640. The number of carbonyl (C=O) groups is 1. The number of carboxylic acid groups (broad SMARTS) is 1. The molecule has 6 nitrogen and oxygen atoms in total. The summed E-state index contributed by atoms with van der Waals surface area (Å²) in [6.45, 7) is 3.25. The third-order valence-electron chi connectivity index (χ3n) is 2.71. The first-order chi connectivity index (χ1) is 9.60. The van der Waals surface area contributed by atoms with Gasteiger partial charge in [-0.25, -0.2) is 8.42 Å². The van der Waals surface area contributed by atoms with E-state index < -0.39 is 28.0 Å². The summed E-state index contributed by atoms with van der Waals surface area (Å²) in [6, 6.07) is 1.63. The Morgan fingerprint density at radius 2 is 1.86 bits per heavy atom. The second kappa shape index (κ2) is 7.08. The van der Waals surface area contributed by atoms with Crippen molar-refractivity contribution in [3.05, 3.63) is 21.1 Å². The van der Waals surface area contributed by atoms with Crippen molar-refractivity contribution >= 4 is 47.9 Å². The van der Waals surface area contributed by atoms with E-state index in [4.69, 9.17) is 9.84 Å². The van der Waals surface area contributed by atoms with Gasteiger partial charge in [0.15, 0.2) is 0 Å². The van der Waals surface area contributed by atoms with E-state index in [0.717, 1.165) is 0 Å². The fraction of sp³-hybridized carbons (Fsp3) is 0.417. The Labute approximate surface area is 140 Å². The van der Waals surface area contributed by atoms with Gasteiger partial charge in [-0.1, -0.05) is 13.8 Å². The third-order valence-corrected chi connectivity index (χ3v) is 5.73. The van der Waals surface area contributed by atoms with Crippen LogP contribution in [0.25, 0.3) is 0 Å². The van der Waals surface area contributed by atoms with Crippen LogP contribution in [-0.2, 0) is 14.8 Å². The zero-order chi connectivity index (χ0) is 16.4. The lowest BCUT2D eigenvalue weighted by atomic mass is 10.1. The van der Waals surface area contributed by atoms with Crippen LogP contribution >= 0.6 is 31.9 Å². The second-order valence-electron chi connectivity index (χ2n) is 4.60. The molecule has 0 fully saturated rings. The van der Waals surface area contributed by atoms with Crippen LogP contribution in [0.1, 0.15) is 13.8 Å². The van der Waals surface area contributed by atoms with E-state index in [1.165, 1.54) is 19.2 Å². The summed E-state index contributed by atoms with van der Waals surface area (Å²) >= 11 is 6.40. The minimum Gasteiger partial charge on any atom is -0.496 e. The SMILES string of the molecule is COc1cc(S(=O)(=O)N[C@@H](C(=O)O)C(C)C)c(Br)cc1Br. The van der Waals surface area contributed by atoms with Crippen molar-refractivity contribution in [1.29, 1.82) is 0 Å². The molecule has 0 spiro atoms. The molecule has 21 heavy (non-hydrogen) atoms. The van der Waals surface area contributed by atoms with Crippen LogP contribution in [0.15, 0.2) is 26.0 Å². The molecule has 0 aromatic heterocycles. The van der Waals surface area contributed by atoms with Crippen molar-refractivity contribution in [2.24, 2.45) is 5.92 Å². The number of nitrogens with one attached hydrogen (secondary N) is 1. The van der Waals surface area contributed by atoms with Gasteiger partial charge in [-0.15, -0.1) is 0 Å². The molecule has 118 valence electrons. The van der Waals surface area contributed by atoms with Crippen LogP contribution in [0.4, 0.5) is 0 Å². The quantitative estimate of drug-likeness (QED) is 0.703. The molecule has 0 unspecified atom stereocenters. The summed E-state index contributed by atoms with van der Waals surface area (Å²) in [5, 5.41) is 9.10. The number of sulfonamides is 1. The lowest BCUT2D eigenvalue weighted by Gasteiger charge is -2.19. The van der Waals surface area contributed by atoms with Gasteiger partial charge in [-0.2, -0.15) is 4.72 Å². The largest absolute Gasteiger partial charge is 0.496 e. The fourth-order valence-electron chi connectivity index (χ4n) is 1.58. The molecule has 0 bridgehead atoms. The number of rotatable bonds is 6. The number of halogens is 2. The molecule has 1 atom stereocenters. The highest BCUT2D eigenvalue weighted by atomic mass is 79.9. The minimum absolute atomic E-state index is 0.0885. The standard InChI is InChI=1S/C12H15Br2NO5S/c1-6(2)11(12(16)17)15-21(18,19)10-5-9(20-3)7(13)4-8(10)14/h4-6,11,15H,1-3H3,(H,16,17)/t11-/m1/s1. The van der Waals surface area contributed by atoms with E-state index in [0.29, 0.717) is 14.7 Å². The normalized spacial score (nSPS) is 13.2. The number of aliphatic carboxylic acids is 1.